The molecule has 1 aromatic rings. The van der Waals surface area contributed by atoms with Gasteiger partial charge in [0.1, 0.15) is 11.4 Å². The van der Waals surface area contributed by atoms with Gasteiger partial charge >= 0.3 is 0 Å². The maximum Gasteiger partial charge on any atom is 0.124 e. The molecule has 1 aromatic carbocycles. The molecule has 0 fully saturated rings. The SMILES string of the molecule is CCONC1CC(C)(C)Oc2ccccc21. The van der Waals surface area contributed by atoms with Gasteiger partial charge in [-0.3, -0.25) is 0 Å². The van der Waals surface area contributed by atoms with Gasteiger partial charge in [-0.15, -0.1) is 0 Å². The van der Waals surface area contributed by atoms with Gasteiger partial charge in [0.05, 0.1) is 12.6 Å². The van der Waals surface area contributed by atoms with Crippen molar-refractivity contribution in [2.24, 2.45) is 0 Å². The number of rotatable bonds is 3. The summed E-state index contributed by atoms with van der Waals surface area (Å²) >= 11 is 0. The molecule has 0 saturated heterocycles. The Balaban J connectivity index is 2.25. The monoisotopic (exact) mass is 221 g/mol. The van der Waals surface area contributed by atoms with E-state index in [9.17, 15) is 0 Å². The summed E-state index contributed by atoms with van der Waals surface area (Å²) in [4.78, 5) is 5.32. The lowest BCUT2D eigenvalue weighted by Gasteiger charge is -2.37. The molecular weight excluding hydrogens is 202 g/mol. The second-order valence-corrected chi connectivity index (χ2v) is 4.71. The summed E-state index contributed by atoms with van der Waals surface area (Å²) < 4.78 is 5.93. The number of ether oxygens (including phenoxy) is 1. The fourth-order valence-corrected chi connectivity index (χ4v) is 2.09. The number of hydrogen-bond acceptors (Lipinski definition) is 3. The van der Waals surface area contributed by atoms with Crippen molar-refractivity contribution in [2.45, 2.75) is 38.8 Å². The molecule has 0 amide bonds. The van der Waals surface area contributed by atoms with Crippen LogP contribution in [0.4, 0.5) is 0 Å². The topological polar surface area (TPSA) is 30.5 Å². The lowest BCUT2D eigenvalue weighted by Crippen LogP contribution is -2.39. The van der Waals surface area contributed by atoms with Crippen LogP contribution in [-0.2, 0) is 4.84 Å². The van der Waals surface area contributed by atoms with E-state index in [0.717, 1.165) is 12.2 Å². The number of hydroxylamine groups is 1. The van der Waals surface area contributed by atoms with Gasteiger partial charge in [-0.05, 0) is 26.8 Å². The van der Waals surface area contributed by atoms with Crippen LogP contribution in [0.1, 0.15) is 38.8 Å². The minimum Gasteiger partial charge on any atom is -0.487 e. The fraction of sp³-hybridized carbons (Fsp3) is 0.538. The molecule has 3 nitrogen and oxygen atoms in total. The summed E-state index contributed by atoms with van der Waals surface area (Å²) in [6.07, 6.45) is 0.907. The molecular formula is C13H19NO2. The number of fused-ring (bicyclic) bond motifs is 1. The van der Waals surface area contributed by atoms with Crippen molar-refractivity contribution in [1.29, 1.82) is 0 Å². The van der Waals surface area contributed by atoms with Gasteiger partial charge in [-0.2, -0.15) is 5.48 Å². The Morgan fingerprint density at radius 3 is 2.94 bits per heavy atom. The van der Waals surface area contributed by atoms with Crippen molar-refractivity contribution >= 4 is 0 Å². The lowest BCUT2D eigenvalue weighted by molar-refractivity contribution is -0.0164. The van der Waals surface area contributed by atoms with Crippen LogP contribution in [0, 0.1) is 0 Å². The van der Waals surface area contributed by atoms with Crippen LogP contribution >= 0.6 is 0 Å². The third-order valence-electron chi connectivity index (χ3n) is 2.75. The third kappa shape index (κ3) is 2.36. The van der Waals surface area contributed by atoms with Crippen LogP contribution in [0.5, 0.6) is 5.75 Å². The van der Waals surface area contributed by atoms with Crippen LogP contribution in [0.3, 0.4) is 0 Å². The minimum atomic E-state index is -0.150. The first-order valence-electron chi connectivity index (χ1n) is 5.77. The predicted molar refractivity (Wildman–Crippen MR) is 63.3 cm³/mol. The van der Waals surface area contributed by atoms with E-state index in [1.807, 2.05) is 25.1 Å². The summed E-state index contributed by atoms with van der Waals surface area (Å²) in [5.74, 6) is 0.955. The van der Waals surface area contributed by atoms with E-state index in [1.54, 1.807) is 0 Å². The first-order chi connectivity index (χ1) is 7.62. The molecule has 0 bridgehead atoms. The molecule has 1 heterocycles. The molecule has 1 unspecified atom stereocenters. The molecule has 0 radical (unpaired) electrons. The first-order valence-corrected chi connectivity index (χ1v) is 5.77. The van der Waals surface area contributed by atoms with Crippen molar-refractivity contribution in [1.82, 2.24) is 5.48 Å². The molecule has 16 heavy (non-hydrogen) atoms. The quantitative estimate of drug-likeness (QED) is 0.796. The molecule has 0 saturated carbocycles. The Labute approximate surface area is 96.7 Å². The third-order valence-corrected chi connectivity index (χ3v) is 2.75. The second kappa shape index (κ2) is 4.44. The molecule has 1 atom stereocenters. The first kappa shape index (κ1) is 11.4. The van der Waals surface area contributed by atoms with Gasteiger partial charge in [0.2, 0.25) is 0 Å². The second-order valence-electron chi connectivity index (χ2n) is 4.71. The Hall–Kier alpha value is -1.06. The predicted octanol–water partition coefficient (Wildman–Crippen LogP) is 2.83. The molecule has 0 spiro atoms. The number of nitrogens with one attached hydrogen (secondary N) is 1. The van der Waals surface area contributed by atoms with Crippen molar-refractivity contribution in [2.75, 3.05) is 6.61 Å². The van der Waals surface area contributed by atoms with Crippen LogP contribution in [0.15, 0.2) is 24.3 Å². The highest BCUT2D eigenvalue weighted by molar-refractivity contribution is 5.38. The van der Waals surface area contributed by atoms with E-state index in [2.05, 4.69) is 25.4 Å². The van der Waals surface area contributed by atoms with Crippen LogP contribution in [0.25, 0.3) is 0 Å². The van der Waals surface area contributed by atoms with E-state index >= 15 is 0 Å². The van der Waals surface area contributed by atoms with Gasteiger partial charge in [0.25, 0.3) is 0 Å². The highest BCUT2D eigenvalue weighted by atomic mass is 16.6. The van der Waals surface area contributed by atoms with Crippen LogP contribution < -0.4 is 10.2 Å². The van der Waals surface area contributed by atoms with E-state index in [4.69, 9.17) is 9.57 Å². The van der Waals surface area contributed by atoms with Gasteiger partial charge in [0.15, 0.2) is 0 Å². The maximum absolute atomic E-state index is 5.93. The molecule has 3 heteroatoms. The molecule has 2 rings (SSSR count). The molecule has 1 aliphatic heterocycles. The summed E-state index contributed by atoms with van der Waals surface area (Å²) in [5.41, 5.74) is 4.13. The van der Waals surface area contributed by atoms with Gasteiger partial charge < -0.3 is 9.57 Å². The lowest BCUT2D eigenvalue weighted by atomic mass is 9.90. The van der Waals surface area contributed by atoms with Gasteiger partial charge in [-0.25, -0.2) is 0 Å². The highest BCUT2D eigenvalue weighted by Crippen LogP contribution is 2.38. The number of hydrogen-bond donors (Lipinski definition) is 1. The van der Waals surface area contributed by atoms with Crippen LogP contribution in [0.2, 0.25) is 0 Å². The average Bonchev–Trinajstić information content (AvgIpc) is 2.24. The van der Waals surface area contributed by atoms with Crippen molar-refractivity contribution < 1.29 is 9.57 Å². The normalized spacial score (nSPS) is 22.3. The van der Waals surface area contributed by atoms with Gasteiger partial charge in [0, 0.05) is 12.0 Å². The van der Waals surface area contributed by atoms with E-state index in [0.29, 0.717) is 6.61 Å². The largest absolute Gasteiger partial charge is 0.487 e. The van der Waals surface area contributed by atoms with E-state index in [-0.39, 0.29) is 11.6 Å². The van der Waals surface area contributed by atoms with Crippen molar-refractivity contribution in [3.63, 3.8) is 0 Å². The highest BCUT2D eigenvalue weighted by Gasteiger charge is 2.33. The van der Waals surface area contributed by atoms with E-state index < -0.39 is 0 Å². The fourth-order valence-electron chi connectivity index (χ4n) is 2.09. The summed E-state index contributed by atoms with van der Waals surface area (Å²) in [6, 6.07) is 8.33. The van der Waals surface area contributed by atoms with Crippen molar-refractivity contribution in [3.8, 4) is 5.75 Å². The van der Waals surface area contributed by atoms with Crippen molar-refractivity contribution in [3.05, 3.63) is 29.8 Å². The number of para-hydroxylation sites is 1. The Morgan fingerprint density at radius 1 is 1.44 bits per heavy atom. The number of benzene rings is 1. The smallest absolute Gasteiger partial charge is 0.124 e. The van der Waals surface area contributed by atoms with Gasteiger partial charge in [-0.1, -0.05) is 18.2 Å². The molecule has 1 N–H and O–H groups in total. The zero-order valence-electron chi connectivity index (χ0n) is 10.1. The average molecular weight is 221 g/mol. The summed E-state index contributed by atoms with van der Waals surface area (Å²) in [6.45, 7) is 6.84. The van der Waals surface area contributed by atoms with Crippen LogP contribution in [-0.4, -0.2) is 12.2 Å². The zero-order chi connectivity index (χ0) is 11.6. The maximum atomic E-state index is 5.93. The van der Waals surface area contributed by atoms with E-state index in [1.165, 1.54) is 5.56 Å². The standard InChI is InChI=1S/C13H19NO2/c1-4-15-14-11-9-13(2,3)16-12-8-6-5-7-10(11)12/h5-8,11,14H,4,9H2,1-3H3. The Bertz CT molecular complexity index is 363. The Kier molecular flexibility index (Phi) is 3.17. The minimum absolute atomic E-state index is 0.150. The Morgan fingerprint density at radius 2 is 2.19 bits per heavy atom. The summed E-state index contributed by atoms with van der Waals surface area (Å²) in [5, 5.41) is 0. The summed E-state index contributed by atoms with van der Waals surface area (Å²) in [7, 11) is 0. The molecule has 0 aliphatic carbocycles. The molecule has 1 aliphatic rings. The molecule has 0 aromatic heterocycles. The molecule has 88 valence electrons. The zero-order valence-corrected chi connectivity index (χ0v) is 10.1.